The minimum absolute atomic E-state index is 0.0788. The van der Waals surface area contributed by atoms with E-state index >= 15 is 0 Å². The van der Waals surface area contributed by atoms with Gasteiger partial charge in [0.05, 0.1) is 18.2 Å². The molecule has 2 rings (SSSR count). The second-order valence-electron chi connectivity index (χ2n) is 7.40. The van der Waals surface area contributed by atoms with Crippen LogP contribution in [-0.2, 0) is 9.63 Å². The molecule has 0 bridgehead atoms. The molecule has 10 heteroatoms. The number of oxime groups is 1. The summed E-state index contributed by atoms with van der Waals surface area (Å²) in [4.78, 5) is 19.6. The van der Waals surface area contributed by atoms with Gasteiger partial charge in [0.15, 0.2) is 0 Å². The second-order valence-corrected chi connectivity index (χ2v) is 7.84. The Morgan fingerprint density at radius 1 is 1.48 bits per heavy atom. The van der Waals surface area contributed by atoms with Gasteiger partial charge < -0.3 is 26.5 Å². The first-order valence-corrected chi connectivity index (χ1v) is 9.80. The normalized spacial score (nSPS) is 21.8. The fourth-order valence-corrected chi connectivity index (χ4v) is 3.32. The van der Waals surface area contributed by atoms with Gasteiger partial charge in [-0.3, -0.25) is 4.79 Å². The number of hydrogen-bond acceptors (Lipinski definition) is 6. The summed E-state index contributed by atoms with van der Waals surface area (Å²) in [7, 11) is 1.85. The summed E-state index contributed by atoms with van der Waals surface area (Å²) in [5.41, 5.74) is 11.8. The maximum absolute atomic E-state index is 12.9. The molecule has 0 aromatic heterocycles. The zero-order valence-corrected chi connectivity index (χ0v) is 17.5. The highest BCUT2D eigenvalue weighted by atomic mass is 35.5. The number of amides is 1. The first kappa shape index (κ1) is 23.2. The SMILES string of the molecule is CC(C)O/N=C(/CNC(=O)/C(=C/N)C(N)C(F)F)C1C(Cl)=CC(C2CC2)=CN1C. The molecule has 2 unspecified atom stereocenters. The molecule has 1 aliphatic carbocycles. The van der Waals surface area contributed by atoms with Gasteiger partial charge in [-0.25, -0.2) is 8.78 Å². The number of carbonyl (C=O) groups excluding carboxylic acids is 1. The van der Waals surface area contributed by atoms with E-state index in [2.05, 4.69) is 10.5 Å². The molecule has 1 saturated carbocycles. The van der Waals surface area contributed by atoms with Gasteiger partial charge in [0.25, 0.3) is 12.3 Å². The highest BCUT2D eigenvalue weighted by molar-refractivity contribution is 6.32. The Morgan fingerprint density at radius 2 is 2.14 bits per heavy atom. The summed E-state index contributed by atoms with van der Waals surface area (Å²) in [6.45, 7) is 3.54. The minimum Gasteiger partial charge on any atom is -0.404 e. The van der Waals surface area contributed by atoms with Crippen LogP contribution < -0.4 is 16.8 Å². The Bertz CT molecular complexity index is 732. The molecule has 7 nitrogen and oxygen atoms in total. The number of rotatable bonds is 9. The standard InChI is InChI=1S/C19H28ClF2N5O2/c1-10(2)29-26-15(8-25-19(28)13(7-23)16(24)18(21)22)17-14(20)6-12(9-27(17)3)11-4-5-11/h6-7,9-11,16-18H,4-5,8,23-24H2,1-3H3,(H,25,28)/b13-7+,26-15-. The van der Waals surface area contributed by atoms with Crippen molar-refractivity contribution in [3.63, 3.8) is 0 Å². The van der Waals surface area contributed by atoms with E-state index in [0.29, 0.717) is 16.7 Å². The number of nitrogens with zero attached hydrogens (tertiary/aromatic N) is 2. The number of carbonyl (C=O) groups is 1. The summed E-state index contributed by atoms with van der Waals surface area (Å²) in [6.07, 6.45) is 3.86. The molecule has 1 fully saturated rings. The average molecular weight is 432 g/mol. The van der Waals surface area contributed by atoms with E-state index in [4.69, 9.17) is 27.9 Å². The fourth-order valence-electron chi connectivity index (χ4n) is 2.91. The van der Waals surface area contributed by atoms with E-state index in [1.807, 2.05) is 38.1 Å². The predicted molar refractivity (Wildman–Crippen MR) is 109 cm³/mol. The summed E-state index contributed by atoms with van der Waals surface area (Å²) in [5.74, 6) is -0.280. The third-order valence-electron chi connectivity index (χ3n) is 4.57. The van der Waals surface area contributed by atoms with Crippen LogP contribution in [0.3, 0.4) is 0 Å². The number of nitrogens with one attached hydrogen (secondary N) is 1. The molecular weight excluding hydrogens is 404 g/mol. The third kappa shape index (κ3) is 6.17. The van der Waals surface area contributed by atoms with Crippen molar-refractivity contribution in [1.29, 1.82) is 0 Å². The molecule has 29 heavy (non-hydrogen) atoms. The molecule has 0 aromatic rings. The summed E-state index contributed by atoms with van der Waals surface area (Å²) < 4.78 is 25.7. The van der Waals surface area contributed by atoms with Gasteiger partial charge in [0, 0.05) is 24.5 Å². The van der Waals surface area contributed by atoms with Crippen LogP contribution in [-0.4, -0.2) is 54.7 Å². The number of allylic oxidation sites excluding steroid dienone is 2. The molecule has 2 aliphatic rings. The van der Waals surface area contributed by atoms with Crippen molar-refractivity contribution in [2.45, 2.75) is 51.3 Å². The minimum atomic E-state index is -2.92. The Hall–Kier alpha value is -2.13. The van der Waals surface area contributed by atoms with E-state index in [9.17, 15) is 13.6 Å². The smallest absolute Gasteiger partial charge is 0.257 e. The zero-order chi connectivity index (χ0) is 21.7. The van der Waals surface area contributed by atoms with Gasteiger partial charge in [-0.1, -0.05) is 16.8 Å². The lowest BCUT2D eigenvalue weighted by Gasteiger charge is -2.32. The Balaban J connectivity index is 2.16. The maximum Gasteiger partial charge on any atom is 0.257 e. The Morgan fingerprint density at radius 3 is 2.62 bits per heavy atom. The van der Waals surface area contributed by atoms with Crippen molar-refractivity contribution >= 4 is 23.2 Å². The van der Waals surface area contributed by atoms with Crippen molar-refractivity contribution in [1.82, 2.24) is 10.2 Å². The highest BCUT2D eigenvalue weighted by Gasteiger charge is 2.33. The van der Waals surface area contributed by atoms with Gasteiger partial charge in [0.1, 0.15) is 17.9 Å². The van der Waals surface area contributed by atoms with E-state index in [0.717, 1.165) is 24.6 Å². The first-order valence-electron chi connectivity index (χ1n) is 9.42. The maximum atomic E-state index is 12.9. The summed E-state index contributed by atoms with van der Waals surface area (Å²) >= 11 is 6.53. The molecule has 162 valence electrons. The van der Waals surface area contributed by atoms with E-state index < -0.39 is 30.0 Å². The van der Waals surface area contributed by atoms with Gasteiger partial charge in [-0.15, -0.1) is 0 Å². The largest absolute Gasteiger partial charge is 0.404 e. The topological polar surface area (TPSA) is 106 Å². The van der Waals surface area contributed by atoms with Crippen molar-refractivity contribution in [3.8, 4) is 0 Å². The van der Waals surface area contributed by atoms with E-state index in [1.165, 1.54) is 0 Å². The zero-order valence-electron chi connectivity index (χ0n) is 16.7. The molecule has 0 aromatic carbocycles. The van der Waals surface area contributed by atoms with E-state index in [1.54, 1.807) is 0 Å². The monoisotopic (exact) mass is 431 g/mol. The predicted octanol–water partition coefficient (Wildman–Crippen LogP) is 2.05. The van der Waals surface area contributed by atoms with E-state index in [-0.39, 0.29) is 12.6 Å². The third-order valence-corrected chi connectivity index (χ3v) is 4.89. The lowest BCUT2D eigenvalue weighted by molar-refractivity contribution is -0.117. The van der Waals surface area contributed by atoms with Crippen LogP contribution >= 0.6 is 11.6 Å². The molecule has 2 atom stereocenters. The van der Waals surface area contributed by atoms with Crippen LogP contribution in [0.5, 0.6) is 0 Å². The van der Waals surface area contributed by atoms with Crippen molar-refractivity contribution in [3.05, 3.63) is 34.7 Å². The van der Waals surface area contributed by atoms with Crippen LogP contribution in [0, 0.1) is 5.92 Å². The quantitative estimate of drug-likeness (QED) is 0.294. The molecule has 0 radical (unpaired) electrons. The van der Waals surface area contributed by atoms with Gasteiger partial charge in [-0.05, 0) is 44.3 Å². The van der Waals surface area contributed by atoms with Crippen LogP contribution in [0.15, 0.2) is 39.8 Å². The number of likely N-dealkylation sites (N-methyl/N-ethyl adjacent to an activating group) is 1. The second kappa shape index (κ2) is 10.1. The van der Waals surface area contributed by atoms with Crippen molar-refractivity contribution in [2.75, 3.05) is 13.6 Å². The number of halogens is 3. The molecular formula is C19H28ClF2N5O2. The molecule has 1 heterocycles. The summed E-state index contributed by atoms with van der Waals surface area (Å²) in [5, 5.41) is 7.22. The number of hydrogen-bond donors (Lipinski definition) is 3. The Labute approximate surface area is 174 Å². The number of nitrogens with two attached hydrogens (primary N) is 2. The molecule has 0 spiro atoms. The molecule has 0 saturated heterocycles. The molecule has 1 aliphatic heterocycles. The van der Waals surface area contributed by atoms with Crippen molar-refractivity contribution < 1.29 is 18.4 Å². The first-order chi connectivity index (χ1) is 13.6. The van der Waals surface area contributed by atoms with Crippen LogP contribution in [0.2, 0.25) is 0 Å². The molecule has 1 amide bonds. The van der Waals surface area contributed by atoms with Crippen LogP contribution in [0.4, 0.5) is 8.78 Å². The average Bonchev–Trinajstić information content (AvgIpc) is 3.48. The summed E-state index contributed by atoms with van der Waals surface area (Å²) in [6, 6.07) is -2.23. The van der Waals surface area contributed by atoms with Crippen LogP contribution in [0.1, 0.15) is 26.7 Å². The lowest BCUT2D eigenvalue weighted by atomic mass is 10.0. The fraction of sp³-hybridized carbons (Fsp3) is 0.579. The Kier molecular flexibility index (Phi) is 8.04. The van der Waals surface area contributed by atoms with Crippen molar-refractivity contribution in [2.24, 2.45) is 22.5 Å². The number of alkyl halides is 2. The van der Waals surface area contributed by atoms with Gasteiger partial charge in [-0.2, -0.15) is 0 Å². The highest BCUT2D eigenvalue weighted by Crippen LogP contribution is 2.40. The van der Waals surface area contributed by atoms with Gasteiger partial charge in [0.2, 0.25) is 0 Å². The lowest BCUT2D eigenvalue weighted by Crippen LogP contribution is -2.46. The van der Waals surface area contributed by atoms with Crippen LogP contribution in [0.25, 0.3) is 0 Å². The van der Waals surface area contributed by atoms with Gasteiger partial charge >= 0.3 is 0 Å². The molecule has 5 N–H and O–H groups in total.